The molecule has 0 aliphatic heterocycles. The van der Waals surface area contributed by atoms with Gasteiger partial charge >= 0.3 is 0 Å². The number of carbonyl (C=O) groups is 1. The lowest BCUT2D eigenvalue weighted by molar-refractivity contribution is 0.102. The van der Waals surface area contributed by atoms with E-state index in [2.05, 4.69) is 15.3 Å². The Hall–Kier alpha value is -2.82. The Kier molecular flexibility index (Phi) is 3.09. The van der Waals surface area contributed by atoms with Crippen molar-refractivity contribution in [1.29, 1.82) is 0 Å². The number of hydrogen-bond donors (Lipinski definition) is 1. The average Bonchev–Trinajstić information content (AvgIpc) is 2.48. The Morgan fingerprint density at radius 3 is 2.75 bits per heavy atom. The molecule has 1 amide bonds. The number of amides is 1. The summed E-state index contributed by atoms with van der Waals surface area (Å²) in [5.74, 6) is -0.447. The van der Waals surface area contributed by atoms with Gasteiger partial charge in [-0.05, 0) is 24.3 Å². The Morgan fingerprint density at radius 2 is 1.95 bits per heavy atom. The maximum atomic E-state index is 13.6. The Bertz CT molecular complexity index is 774. The molecule has 4 nitrogen and oxygen atoms in total. The van der Waals surface area contributed by atoms with Gasteiger partial charge in [0.25, 0.3) is 5.91 Å². The monoisotopic (exact) mass is 267 g/mol. The van der Waals surface area contributed by atoms with Gasteiger partial charge in [-0.2, -0.15) is 0 Å². The van der Waals surface area contributed by atoms with Crippen LogP contribution < -0.4 is 5.32 Å². The molecular weight excluding hydrogens is 257 g/mol. The molecule has 0 atom stereocenters. The summed E-state index contributed by atoms with van der Waals surface area (Å²) in [7, 11) is 0. The second kappa shape index (κ2) is 5.05. The number of anilines is 1. The van der Waals surface area contributed by atoms with Crippen molar-refractivity contribution in [3.63, 3.8) is 0 Å². The number of hydrogen-bond acceptors (Lipinski definition) is 3. The van der Waals surface area contributed by atoms with E-state index >= 15 is 0 Å². The minimum atomic E-state index is -0.449. The first kappa shape index (κ1) is 12.2. The van der Waals surface area contributed by atoms with Crippen molar-refractivity contribution >= 4 is 22.6 Å². The molecule has 0 saturated heterocycles. The molecule has 0 aliphatic carbocycles. The summed E-state index contributed by atoms with van der Waals surface area (Å²) in [6.07, 6.45) is 1.57. The van der Waals surface area contributed by atoms with Crippen LogP contribution in [0.4, 0.5) is 10.2 Å². The number of halogens is 1. The van der Waals surface area contributed by atoms with Gasteiger partial charge in [-0.25, -0.2) is 14.4 Å². The van der Waals surface area contributed by atoms with Crippen molar-refractivity contribution in [2.45, 2.75) is 0 Å². The molecule has 0 radical (unpaired) electrons. The molecular formula is C15H10FN3O. The van der Waals surface area contributed by atoms with Crippen LogP contribution in [0.3, 0.4) is 0 Å². The summed E-state index contributed by atoms with van der Waals surface area (Å²) in [4.78, 5) is 20.1. The summed E-state index contributed by atoms with van der Waals surface area (Å²) in [6, 6.07) is 13.1. The van der Waals surface area contributed by atoms with Crippen LogP contribution in [0.5, 0.6) is 0 Å². The molecule has 3 rings (SSSR count). The van der Waals surface area contributed by atoms with Crippen LogP contribution in [0.25, 0.3) is 10.9 Å². The first-order chi connectivity index (χ1) is 9.74. The predicted molar refractivity (Wildman–Crippen MR) is 73.9 cm³/mol. The number of nitrogens with zero attached hydrogens (tertiary/aromatic N) is 2. The van der Waals surface area contributed by atoms with Gasteiger partial charge in [0.15, 0.2) is 0 Å². The van der Waals surface area contributed by atoms with Crippen LogP contribution >= 0.6 is 0 Å². The maximum absolute atomic E-state index is 13.6. The number of pyridine rings is 2. The number of rotatable bonds is 2. The highest BCUT2D eigenvalue weighted by Gasteiger charge is 2.10. The fourth-order valence-electron chi connectivity index (χ4n) is 1.85. The SMILES string of the molecule is O=C(Nc1ccccn1)c1ccc2cccc(F)c2n1. The zero-order valence-corrected chi connectivity index (χ0v) is 10.4. The van der Waals surface area contributed by atoms with Crippen LogP contribution in [-0.2, 0) is 0 Å². The molecule has 0 unspecified atom stereocenters. The Morgan fingerprint density at radius 1 is 1.05 bits per heavy atom. The van der Waals surface area contributed by atoms with Gasteiger partial charge in [0.05, 0.1) is 0 Å². The van der Waals surface area contributed by atoms with Gasteiger partial charge in [0, 0.05) is 11.6 Å². The van der Waals surface area contributed by atoms with Crippen LogP contribution in [0, 0.1) is 5.82 Å². The molecule has 2 heterocycles. The van der Waals surface area contributed by atoms with E-state index in [1.54, 1.807) is 48.7 Å². The van der Waals surface area contributed by atoms with Crippen LogP contribution in [-0.4, -0.2) is 15.9 Å². The average molecular weight is 267 g/mol. The number of nitrogens with one attached hydrogen (secondary N) is 1. The predicted octanol–water partition coefficient (Wildman–Crippen LogP) is 3.02. The number of benzene rings is 1. The lowest BCUT2D eigenvalue weighted by Gasteiger charge is -2.05. The van der Waals surface area contributed by atoms with Crippen molar-refractivity contribution in [3.05, 3.63) is 66.2 Å². The smallest absolute Gasteiger partial charge is 0.275 e. The fourth-order valence-corrected chi connectivity index (χ4v) is 1.85. The molecule has 0 bridgehead atoms. The van der Waals surface area contributed by atoms with E-state index in [9.17, 15) is 9.18 Å². The standard InChI is InChI=1S/C15H10FN3O/c16-11-5-3-4-10-7-8-12(18-14(10)11)15(20)19-13-6-1-2-9-17-13/h1-9H,(H,17,19,20). The fraction of sp³-hybridized carbons (Fsp3) is 0. The van der Waals surface area contributed by atoms with Crippen molar-refractivity contribution in [3.8, 4) is 0 Å². The summed E-state index contributed by atoms with van der Waals surface area (Å²) in [5, 5.41) is 3.26. The van der Waals surface area contributed by atoms with E-state index < -0.39 is 11.7 Å². The molecule has 3 aromatic rings. The van der Waals surface area contributed by atoms with Gasteiger partial charge in [-0.15, -0.1) is 0 Å². The van der Waals surface area contributed by atoms with E-state index in [1.165, 1.54) is 6.07 Å². The van der Waals surface area contributed by atoms with Crippen molar-refractivity contribution in [2.24, 2.45) is 0 Å². The zero-order chi connectivity index (χ0) is 13.9. The summed E-state index contributed by atoms with van der Waals surface area (Å²) >= 11 is 0. The number of aromatic nitrogens is 2. The van der Waals surface area contributed by atoms with Crippen molar-refractivity contribution in [1.82, 2.24) is 9.97 Å². The number of fused-ring (bicyclic) bond motifs is 1. The molecule has 20 heavy (non-hydrogen) atoms. The van der Waals surface area contributed by atoms with Gasteiger partial charge in [0.2, 0.25) is 0 Å². The third-order valence-electron chi connectivity index (χ3n) is 2.81. The van der Waals surface area contributed by atoms with Gasteiger partial charge in [0.1, 0.15) is 22.8 Å². The number of para-hydroxylation sites is 1. The lowest BCUT2D eigenvalue weighted by Crippen LogP contribution is -2.14. The molecule has 1 N–H and O–H groups in total. The molecule has 98 valence electrons. The second-order valence-corrected chi connectivity index (χ2v) is 4.18. The van der Waals surface area contributed by atoms with E-state index in [4.69, 9.17) is 0 Å². The topological polar surface area (TPSA) is 54.9 Å². The quantitative estimate of drug-likeness (QED) is 0.776. The molecule has 2 aromatic heterocycles. The second-order valence-electron chi connectivity index (χ2n) is 4.18. The van der Waals surface area contributed by atoms with Crippen LogP contribution in [0.1, 0.15) is 10.5 Å². The minimum absolute atomic E-state index is 0.147. The molecule has 0 saturated carbocycles. The highest BCUT2D eigenvalue weighted by molar-refractivity contribution is 6.03. The molecule has 0 aliphatic rings. The highest BCUT2D eigenvalue weighted by Crippen LogP contribution is 2.16. The van der Waals surface area contributed by atoms with Gasteiger partial charge in [-0.1, -0.05) is 24.3 Å². The summed E-state index contributed by atoms with van der Waals surface area (Å²) in [6.45, 7) is 0. The third kappa shape index (κ3) is 2.33. The van der Waals surface area contributed by atoms with Crippen LogP contribution in [0.15, 0.2) is 54.7 Å². The maximum Gasteiger partial charge on any atom is 0.275 e. The highest BCUT2D eigenvalue weighted by atomic mass is 19.1. The van der Waals surface area contributed by atoms with Crippen molar-refractivity contribution in [2.75, 3.05) is 5.32 Å². The van der Waals surface area contributed by atoms with E-state index in [1.807, 2.05) is 0 Å². The zero-order valence-electron chi connectivity index (χ0n) is 10.4. The molecule has 1 aromatic carbocycles. The summed E-state index contributed by atoms with van der Waals surface area (Å²) < 4.78 is 13.6. The van der Waals surface area contributed by atoms with E-state index in [-0.39, 0.29) is 11.2 Å². The summed E-state index contributed by atoms with van der Waals surface area (Å²) in [5.41, 5.74) is 0.328. The van der Waals surface area contributed by atoms with Gasteiger partial charge in [-0.3, -0.25) is 4.79 Å². The molecule has 5 heteroatoms. The van der Waals surface area contributed by atoms with Gasteiger partial charge < -0.3 is 5.32 Å². The third-order valence-corrected chi connectivity index (χ3v) is 2.81. The lowest BCUT2D eigenvalue weighted by atomic mass is 10.2. The first-order valence-electron chi connectivity index (χ1n) is 6.02. The molecule has 0 spiro atoms. The van der Waals surface area contributed by atoms with E-state index in [0.29, 0.717) is 11.2 Å². The number of carbonyl (C=O) groups excluding carboxylic acids is 1. The molecule has 0 fully saturated rings. The normalized spacial score (nSPS) is 10.4. The minimum Gasteiger partial charge on any atom is -0.305 e. The Balaban J connectivity index is 1.94. The largest absolute Gasteiger partial charge is 0.305 e. The first-order valence-corrected chi connectivity index (χ1v) is 6.02. The van der Waals surface area contributed by atoms with Crippen LogP contribution in [0.2, 0.25) is 0 Å². The Labute approximate surface area is 114 Å². The van der Waals surface area contributed by atoms with E-state index in [0.717, 1.165) is 0 Å². The van der Waals surface area contributed by atoms with Crippen molar-refractivity contribution < 1.29 is 9.18 Å².